The summed E-state index contributed by atoms with van der Waals surface area (Å²) in [5.41, 5.74) is 2.81. The molecule has 33 heavy (non-hydrogen) atoms. The second kappa shape index (κ2) is 8.32. The first-order chi connectivity index (χ1) is 15.9. The molecule has 2 aromatic heterocycles. The molecule has 1 fully saturated rings. The zero-order valence-electron chi connectivity index (χ0n) is 18.2. The quantitative estimate of drug-likeness (QED) is 0.430. The van der Waals surface area contributed by atoms with Crippen LogP contribution >= 0.6 is 11.3 Å². The summed E-state index contributed by atoms with van der Waals surface area (Å²) in [7, 11) is 1.67. The molecule has 0 bridgehead atoms. The Morgan fingerprint density at radius 2 is 1.94 bits per heavy atom. The van der Waals surface area contributed by atoms with Gasteiger partial charge in [-0.2, -0.15) is 0 Å². The Balaban J connectivity index is 1.26. The number of hydrogen-bond donors (Lipinski definition) is 2. The highest BCUT2D eigenvalue weighted by Crippen LogP contribution is 2.29. The molecular formula is C24H23N5O3S. The molecule has 1 saturated heterocycles. The second-order valence-corrected chi connectivity index (χ2v) is 9.25. The maximum absolute atomic E-state index is 12.9. The van der Waals surface area contributed by atoms with Crippen molar-refractivity contribution >= 4 is 50.3 Å². The number of urea groups is 1. The average molecular weight is 462 g/mol. The first kappa shape index (κ1) is 21.1. The fraction of sp³-hybridized carbons (Fsp3) is 0.250. The van der Waals surface area contributed by atoms with Gasteiger partial charge in [0.15, 0.2) is 0 Å². The molecule has 9 heteroatoms. The molecule has 4 aromatic rings. The van der Waals surface area contributed by atoms with Crippen molar-refractivity contribution in [2.75, 3.05) is 13.6 Å². The van der Waals surface area contributed by atoms with E-state index >= 15 is 0 Å². The van der Waals surface area contributed by atoms with Crippen molar-refractivity contribution in [3.8, 4) is 0 Å². The van der Waals surface area contributed by atoms with Crippen LogP contribution in [0.1, 0.15) is 23.5 Å². The molecule has 1 aliphatic heterocycles. The number of rotatable bonds is 6. The summed E-state index contributed by atoms with van der Waals surface area (Å²) >= 11 is 1.53. The summed E-state index contributed by atoms with van der Waals surface area (Å²) in [5.74, 6) is -0.710. The Hall–Kier alpha value is -3.72. The van der Waals surface area contributed by atoms with Gasteiger partial charge in [0, 0.05) is 30.6 Å². The number of aromatic amines is 1. The van der Waals surface area contributed by atoms with Gasteiger partial charge < -0.3 is 15.2 Å². The number of likely N-dealkylation sites (N-methyl/N-ethyl adjacent to an activating group) is 1. The minimum atomic E-state index is -0.698. The van der Waals surface area contributed by atoms with E-state index in [4.69, 9.17) is 0 Å². The number of para-hydroxylation sites is 2. The smallest absolute Gasteiger partial charge is 0.325 e. The predicted octanol–water partition coefficient (Wildman–Crippen LogP) is 3.46. The SMILES string of the molecule is CC(c1nc2ccccc2s1)N(C)C(=O)CN1C(=O)NC(Cc2c[nH]c3ccccc23)C1=O. The van der Waals surface area contributed by atoms with E-state index in [1.54, 1.807) is 7.05 Å². The number of carbonyl (C=O) groups excluding carboxylic acids is 3. The Bertz CT molecular complexity index is 1340. The third-order valence-corrected chi connectivity index (χ3v) is 7.35. The van der Waals surface area contributed by atoms with Crippen molar-refractivity contribution in [3.63, 3.8) is 0 Å². The molecule has 0 saturated carbocycles. The Morgan fingerprint density at radius 1 is 1.18 bits per heavy atom. The van der Waals surface area contributed by atoms with E-state index in [-0.39, 0.29) is 24.4 Å². The number of H-pyrrole nitrogens is 1. The molecule has 4 amide bonds. The molecule has 8 nitrogen and oxygen atoms in total. The van der Waals surface area contributed by atoms with Crippen LogP contribution in [0.2, 0.25) is 0 Å². The second-order valence-electron chi connectivity index (χ2n) is 8.19. The lowest BCUT2D eigenvalue weighted by Crippen LogP contribution is -2.42. The van der Waals surface area contributed by atoms with E-state index in [2.05, 4.69) is 15.3 Å². The fourth-order valence-corrected chi connectivity index (χ4v) is 5.15. The van der Waals surface area contributed by atoms with Crippen LogP contribution in [-0.2, 0) is 16.0 Å². The average Bonchev–Trinajstić information content (AvgIpc) is 3.51. The summed E-state index contributed by atoms with van der Waals surface area (Å²) in [6.07, 6.45) is 2.21. The van der Waals surface area contributed by atoms with Crippen LogP contribution in [0.4, 0.5) is 4.79 Å². The number of imide groups is 1. The Labute approximate surface area is 194 Å². The highest BCUT2D eigenvalue weighted by atomic mass is 32.1. The molecule has 0 spiro atoms. The highest BCUT2D eigenvalue weighted by molar-refractivity contribution is 7.18. The highest BCUT2D eigenvalue weighted by Gasteiger charge is 2.40. The first-order valence-corrected chi connectivity index (χ1v) is 11.5. The topological polar surface area (TPSA) is 98.4 Å². The van der Waals surface area contributed by atoms with Crippen molar-refractivity contribution in [2.45, 2.75) is 25.4 Å². The summed E-state index contributed by atoms with van der Waals surface area (Å²) in [6, 6.07) is 14.1. The van der Waals surface area contributed by atoms with Crippen molar-refractivity contribution in [1.82, 2.24) is 25.1 Å². The lowest BCUT2D eigenvalue weighted by Gasteiger charge is -2.25. The summed E-state index contributed by atoms with van der Waals surface area (Å²) in [6.45, 7) is 1.59. The molecule has 2 aromatic carbocycles. The van der Waals surface area contributed by atoms with Gasteiger partial charge in [0.05, 0.1) is 16.3 Å². The molecule has 0 aliphatic carbocycles. The fourth-order valence-electron chi connectivity index (χ4n) is 4.08. The molecule has 168 valence electrons. The molecule has 1 aliphatic rings. The van der Waals surface area contributed by atoms with Crippen molar-refractivity contribution in [1.29, 1.82) is 0 Å². The Morgan fingerprint density at radius 3 is 2.76 bits per heavy atom. The number of thiazole rings is 1. The number of nitrogens with zero attached hydrogens (tertiary/aromatic N) is 3. The third kappa shape index (κ3) is 3.84. The zero-order chi connectivity index (χ0) is 23.1. The molecule has 3 heterocycles. The van der Waals surface area contributed by atoms with E-state index in [1.807, 2.05) is 61.7 Å². The van der Waals surface area contributed by atoms with Gasteiger partial charge in [0.25, 0.3) is 5.91 Å². The number of nitrogens with one attached hydrogen (secondary N) is 2. The number of aromatic nitrogens is 2. The van der Waals surface area contributed by atoms with E-state index in [0.29, 0.717) is 6.42 Å². The predicted molar refractivity (Wildman–Crippen MR) is 127 cm³/mol. The van der Waals surface area contributed by atoms with Gasteiger partial charge in [-0.15, -0.1) is 11.3 Å². The van der Waals surface area contributed by atoms with Gasteiger partial charge in [-0.1, -0.05) is 30.3 Å². The molecule has 2 N–H and O–H groups in total. The zero-order valence-corrected chi connectivity index (χ0v) is 19.1. The normalized spacial score (nSPS) is 17.0. The minimum absolute atomic E-state index is 0.280. The van der Waals surface area contributed by atoms with Gasteiger partial charge >= 0.3 is 6.03 Å². The Kier molecular flexibility index (Phi) is 5.33. The standard InChI is InChI=1S/C24H23N5O3S/c1-14(22-26-18-9-5-6-10-20(18)33-22)28(2)21(30)13-29-23(31)19(27-24(29)32)11-15-12-25-17-8-4-3-7-16(15)17/h3-10,12,14,19,25H,11,13H2,1-2H3,(H,27,32). The maximum atomic E-state index is 12.9. The van der Waals surface area contributed by atoms with Gasteiger partial charge in [0.2, 0.25) is 5.91 Å². The van der Waals surface area contributed by atoms with E-state index < -0.39 is 12.1 Å². The number of carbonyl (C=O) groups is 3. The largest absolute Gasteiger partial charge is 0.361 e. The van der Waals surface area contributed by atoms with Crippen LogP contribution in [0.5, 0.6) is 0 Å². The molecule has 0 radical (unpaired) electrons. The van der Waals surface area contributed by atoms with Crippen LogP contribution in [0.3, 0.4) is 0 Å². The molecule has 2 unspecified atom stereocenters. The van der Waals surface area contributed by atoms with Crippen molar-refractivity contribution in [3.05, 3.63) is 65.3 Å². The number of hydrogen-bond acceptors (Lipinski definition) is 5. The monoisotopic (exact) mass is 461 g/mol. The third-order valence-electron chi connectivity index (χ3n) is 6.14. The number of benzene rings is 2. The van der Waals surface area contributed by atoms with Crippen LogP contribution in [0.25, 0.3) is 21.1 Å². The first-order valence-electron chi connectivity index (χ1n) is 10.7. The van der Waals surface area contributed by atoms with Crippen molar-refractivity contribution in [2.24, 2.45) is 0 Å². The number of fused-ring (bicyclic) bond motifs is 2. The van der Waals surface area contributed by atoms with Crippen LogP contribution in [0.15, 0.2) is 54.7 Å². The van der Waals surface area contributed by atoms with Gasteiger partial charge in [-0.25, -0.2) is 9.78 Å². The lowest BCUT2D eigenvalue weighted by molar-refractivity contribution is -0.137. The van der Waals surface area contributed by atoms with Crippen LogP contribution in [-0.4, -0.2) is 57.2 Å². The van der Waals surface area contributed by atoms with E-state index in [9.17, 15) is 14.4 Å². The minimum Gasteiger partial charge on any atom is -0.361 e. The molecular weight excluding hydrogens is 438 g/mol. The van der Waals surface area contributed by atoms with Crippen LogP contribution in [0, 0.1) is 0 Å². The van der Waals surface area contributed by atoms with Gasteiger partial charge in [-0.05, 0) is 30.7 Å². The molecule has 2 atom stereocenters. The lowest BCUT2D eigenvalue weighted by atomic mass is 10.1. The van der Waals surface area contributed by atoms with E-state index in [0.717, 1.165) is 36.6 Å². The summed E-state index contributed by atoms with van der Waals surface area (Å²) in [5, 5.41) is 4.54. The van der Waals surface area contributed by atoms with E-state index in [1.165, 1.54) is 16.2 Å². The van der Waals surface area contributed by atoms with Crippen molar-refractivity contribution < 1.29 is 14.4 Å². The van der Waals surface area contributed by atoms with Crippen LogP contribution < -0.4 is 5.32 Å². The molecule has 5 rings (SSSR count). The van der Waals surface area contributed by atoms with Gasteiger partial charge in [-0.3, -0.25) is 14.5 Å². The summed E-state index contributed by atoms with van der Waals surface area (Å²) in [4.78, 5) is 48.7. The number of amides is 4. The van der Waals surface area contributed by atoms with Gasteiger partial charge in [0.1, 0.15) is 17.6 Å². The maximum Gasteiger partial charge on any atom is 0.325 e. The summed E-state index contributed by atoms with van der Waals surface area (Å²) < 4.78 is 1.05.